The van der Waals surface area contributed by atoms with E-state index >= 15 is 0 Å². The second kappa shape index (κ2) is 12.8. The number of hydrogen-bond acceptors (Lipinski definition) is 4. The van der Waals surface area contributed by atoms with E-state index in [0.29, 0.717) is 0 Å². The third-order valence-corrected chi connectivity index (χ3v) is 4.75. The zero-order valence-electron chi connectivity index (χ0n) is 17.1. The lowest BCUT2D eigenvalue weighted by Crippen LogP contribution is -2.08. The highest BCUT2D eigenvalue weighted by atomic mass is 16.5. The average Bonchev–Trinajstić information content (AvgIpc) is 2.73. The third kappa shape index (κ3) is 8.03. The number of esters is 1. The van der Waals surface area contributed by atoms with Gasteiger partial charge in [-0.15, -0.1) is 0 Å². The molecule has 0 aliphatic carbocycles. The zero-order chi connectivity index (χ0) is 20.0. The van der Waals surface area contributed by atoms with Gasteiger partial charge in [0, 0.05) is 24.4 Å². The monoisotopic (exact) mass is 380 g/mol. The van der Waals surface area contributed by atoms with Crippen LogP contribution in [-0.2, 0) is 11.2 Å². The number of aromatic nitrogens is 2. The molecule has 0 N–H and O–H groups in total. The fraction of sp³-hybridized carbons (Fsp3) is 0.458. The normalized spacial score (nSPS) is 12.2. The molecular formula is C24H32N2O2. The van der Waals surface area contributed by atoms with Crippen LogP contribution in [0.25, 0.3) is 0 Å². The van der Waals surface area contributed by atoms with Crippen LogP contribution in [-0.4, -0.2) is 15.9 Å². The molecule has 1 atom stereocenters. The molecule has 1 unspecified atom stereocenters. The van der Waals surface area contributed by atoms with Crippen molar-refractivity contribution in [2.75, 3.05) is 0 Å². The maximum Gasteiger partial charge on any atom is 0.338 e. The number of benzene rings is 1. The summed E-state index contributed by atoms with van der Waals surface area (Å²) in [6, 6.07) is 10.4. The smallest absolute Gasteiger partial charge is 0.338 e. The number of carbonyl (C=O) groups excluding carboxylic acids is 1. The van der Waals surface area contributed by atoms with E-state index in [1.807, 2.05) is 24.3 Å². The van der Waals surface area contributed by atoms with Gasteiger partial charge in [0.1, 0.15) is 0 Å². The maximum absolute atomic E-state index is 12.2. The number of ether oxygens (including phenoxy) is 1. The first-order chi connectivity index (χ1) is 13.7. The molecule has 0 radical (unpaired) electrons. The molecule has 2 rings (SSSR count). The van der Waals surface area contributed by atoms with E-state index in [4.69, 9.17) is 4.74 Å². The Morgan fingerprint density at radius 1 is 1.00 bits per heavy atom. The minimum Gasteiger partial charge on any atom is -0.388 e. The number of unbranched alkanes of at least 4 members (excludes halogenated alkanes) is 4. The molecule has 1 aromatic heterocycles. The predicted octanol–water partition coefficient (Wildman–Crippen LogP) is 6.04. The van der Waals surface area contributed by atoms with Crippen LogP contribution in [0.1, 0.15) is 75.8 Å². The summed E-state index contributed by atoms with van der Waals surface area (Å²) in [6.45, 7) is 4.37. The van der Waals surface area contributed by atoms with Gasteiger partial charge in [0.2, 0.25) is 0 Å². The van der Waals surface area contributed by atoms with Crippen molar-refractivity contribution >= 4 is 5.97 Å². The molecule has 0 aliphatic heterocycles. The highest BCUT2D eigenvalue weighted by Gasteiger charge is 2.10. The molecule has 2 aromatic rings. The van der Waals surface area contributed by atoms with Crippen molar-refractivity contribution < 1.29 is 9.53 Å². The van der Waals surface area contributed by atoms with Gasteiger partial charge in [0.25, 0.3) is 0 Å². The van der Waals surface area contributed by atoms with E-state index in [1.165, 1.54) is 37.3 Å². The van der Waals surface area contributed by atoms with E-state index in [-0.39, 0.29) is 11.9 Å². The van der Waals surface area contributed by atoms with Crippen molar-refractivity contribution in [2.45, 2.75) is 71.1 Å². The second-order valence-corrected chi connectivity index (χ2v) is 7.12. The predicted molar refractivity (Wildman–Crippen MR) is 113 cm³/mol. The van der Waals surface area contributed by atoms with Crippen LogP contribution in [0.5, 0.6) is 6.01 Å². The van der Waals surface area contributed by atoms with Gasteiger partial charge in [-0.05, 0) is 30.4 Å². The Morgan fingerprint density at radius 2 is 1.68 bits per heavy atom. The van der Waals surface area contributed by atoms with Crippen LogP contribution >= 0.6 is 0 Å². The summed E-state index contributed by atoms with van der Waals surface area (Å²) in [5, 5.41) is 0. The van der Waals surface area contributed by atoms with Gasteiger partial charge in [-0.1, -0.05) is 82.4 Å². The molecule has 0 saturated carbocycles. The molecule has 1 aromatic carbocycles. The van der Waals surface area contributed by atoms with Gasteiger partial charge >= 0.3 is 12.0 Å². The summed E-state index contributed by atoms with van der Waals surface area (Å²) < 4.78 is 5.26. The lowest BCUT2D eigenvalue weighted by Gasteiger charge is -2.13. The summed E-state index contributed by atoms with van der Waals surface area (Å²) in [5.74, 6) is -0.225. The van der Waals surface area contributed by atoms with Crippen molar-refractivity contribution in [3.63, 3.8) is 0 Å². The van der Waals surface area contributed by atoms with E-state index in [2.05, 4.69) is 35.9 Å². The first kappa shape index (κ1) is 21.8. The van der Waals surface area contributed by atoms with Gasteiger partial charge in [-0.3, -0.25) is 0 Å². The standard InChI is InChI=1S/C24H32N2O2/c1-3-5-8-12-20-18-25-24(26-19-20)28-23(27)17-16-22(13-9-6-4-2)21-14-10-7-11-15-21/h7,10-11,14-19,22H,3-6,8-9,12-13H2,1-2H3/b17-16+. The highest BCUT2D eigenvalue weighted by Crippen LogP contribution is 2.24. The third-order valence-electron chi connectivity index (χ3n) is 4.75. The Kier molecular flexibility index (Phi) is 9.98. The quantitative estimate of drug-likeness (QED) is 0.256. The van der Waals surface area contributed by atoms with E-state index in [0.717, 1.165) is 31.2 Å². The number of nitrogens with zero attached hydrogens (tertiary/aromatic N) is 2. The SMILES string of the molecule is CCCCCc1cnc(OC(=O)/C=C/C(CCCCC)c2ccccc2)nc1. The number of aryl methyl sites for hydroxylation is 1. The Labute approximate surface area is 169 Å². The fourth-order valence-electron chi connectivity index (χ4n) is 3.11. The molecule has 4 nitrogen and oxygen atoms in total. The summed E-state index contributed by atoms with van der Waals surface area (Å²) in [7, 11) is 0. The first-order valence-electron chi connectivity index (χ1n) is 10.5. The van der Waals surface area contributed by atoms with Crippen LogP contribution in [0, 0.1) is 0 Å². The van der Waals surface area contributed by atoms with Crippen molar-refractivity contribution in [3.05, 3.63) is 66.0 Å². The highest BCUT2D eigenvalue weighted by molar-refractivity contribution is 5.83. The van der Waals surface area contributed by atoms with Crippen LogP contribution in [0.3, 0.4) is 0 Å². The van der Waals surface area contributed by atoms with Gasteiger partial charge in [0.15, 0.2) is 0 Å². The number of hydrogen-bond donors (Lipinski definition) is 0. The van der Waals surface area contributed by atoms with Crippen molar-refractivity contribution in [3.8, 4) is 6.01 Å². The lowest BCUT2D eigenvalue weighted by atomic mass is 9.93. The van der Waals surface area contributed by atoms with Crippen molar-refractivity contribution in [1.82, 2.24) is 9.97 Å². The molecule has 1 heterocycles. The lowest BCUT2D eigenvalue weighted by molar-refractivity contribution is -0.129. The second-order valence-electron chi connectivity index (χ2n) is 7.12. The fourth-order valence-corrected chi connectivity index (χ4v) is 3.11. The van der Waals surface area contributed by atoms with E-state index in [9.17, 15) is 4.79 Å². The Hall–Kier alpha value is -2.49. The van der Waals surface area contributed by atoms with E-state index < -0.39 is 5.97 Å². The number of allylic oxidation sites excluding steroid dienone is 1. The molecule has 150 valence electrons. The molecule has 0 spiro atoms. The molecule has 0 bridgehead atoms. The van der Waals surface area contributed by atoms with Crippen LogP contribution in [0.4, 0.5) is 0 Å². The van der Waals surface area contributed by atoms with Crippen LogP contribution < -0.4 is 4.74 Å². The molecule has 0 fully saturated rings. The van der Waals surface area contributed by atoms with Gasteiger partial charge in [-0.2, -0.15) is 0 Å². The largest absolute Gasteiger partial charge is 0.388 e. The van der Waals surface area contributed by atoms with Gasteiger partial charge in [0.05, 0.1) is 0 Å². The van der Waals surface area contributed by atoms with Crippen LogP contribution in [0.2, 0.25) is 0 Å². The van der Waals surface area contributed by atoms with Crippen LogP contribution in [0.15, 0.2) is 54.9 Å². The topological polar surface area (TPSA) is 52.1 Å². The zero-order valence-corrected chi connectivity index (χ0v) is 17.1. The summed E-state index contributed by atoms with van der Waals surface area (Å²) in [6.07, 6.45) is 15.9. The maximum atomic E-state index is 12.2. The van der Waals surface area contributed by atoms with Crippen molar-refractivity contribution in [2.24, 2.45) is 0 Å². The minimum absolute atomic E-state index is 0.108. The summed E-state index contributed by atoms with van der Waals surface area (Å²) in [4.78, 5) is 20.5. The Balaban J connectivity index is 1.92. The van der Waals surface area contributed by atoms with Gasteiger partial charge in [-0.25, -0.2) is 14.8 Å². The van der Waals surface area contributed by atoms with E-state index in [1.54, 1.807) is 12.4 Å². The molecule has 0 amide bonds. The first-order valence-corrected chi connectivity index (χ1v) is 10.5. The number of carbonyl (C=O) groups is 1. The molecular weight excluding hydrogens is 348 g/mol. The average molecular weight is 381 g/mol. The molecule has 0 saturated heterocycles. The molecule has 28 heavy (non-hydrogen) atoms. The van der Waals surface area contributed by atoms with Crippen molar-refractivity contribution in [1.29, 1.82) is 0 Å². The Morgan fingerprint density at radius 3 is 2.36 bits per heavy atom. The Bertz CT molecular complexity index is 711. The number of rotatable bonds is 12. The minimum atomic E-state index is -0.435. The molecule has 0 aliphatic rings. The summed E-state index contributed by atoms with van der Waals surface area (Å²) in [5.41, 5.74) is 2.29. The summed E-state index contributed by atoms with van der Waals surface area (Å²) >= 11 is 0. The molecule has 4 heteroatoms. The van der Waals surface area contributed by atoms with Gasteiger partial charge < -0.3 is 4.74 Å².